The molecule has 178 valence electrons. The smallest absolute Gasteiger partial charge is 0.233 e. The SMILES string of the molecule is C[C@@H]1C[C@H](n2c(CC(=O)Nc3ccn(C4COC4)n3)nc3cnc4ccc(C#N)cc4c32)CCO1. The summed E-state index contributed by atoms with van der Waals surface area (Å²) in [5, 5.41) is 17.7. The minimum Gasteiger partial charge on any atom is -0.378 e. The Balaban J connectivity index is 1.38. The van der Waals surface area contributed by atoms with Crippen LogP contribution in [0.15, 0.2) is 36.7 Å². The van der Waals surface area contributed by atoms with Gasteiger partial charge in [-0.1, -0.05) is 0 Å². The maximum absolute atomic E-state index is 13.1. The van der Waals surface area contributed by atoms with Gasteiger partial charge in [0, 0.05) is 30.3 Å². The Morgan fingerprint density at radius 2 is 2.14 bits per heavy atom. The summed E-state index contributed by atoms with van der Waals surface area (Å²) in [5.41, 5.74) is 2.97. The van der Waals surface area contributed by atoms with Crippen LogP contribution in [-0.2, 0) is 20.7 Å². The molecule has 0 unspecified atom stereocenters. The molecule has 3 aromatic heterocycles. The molecular weight excluding hydrogens is 446 g/mol. The molecule has 0 radical (unpaired) electrons. The topological polar surface area (TPSA) is 120 Å². The minimum atomic E-state index is -0.188. The number of benzene rings is 1. The highest BCUT2D eigenvalue weighted by Gasteiger charge is 2.27. The van der Waals surface area contributed by atoms with Crippen molar-refractivity contribution >= 4 is 33.7 Å². The third kappa shape index (κ3) is 4.03. The molecule has 0 aliphatic carbocycles. The number of pyridine rings is 1. The van der Waals surface area contributed by atoms with Gasteiger partial charge in [0.2, 0.25) is 5.91 Å². The highest BCUT2D eigenvalue weighted by atomic mass is 16.5. The van der Waals surface area contributed by atoms with E-state index in [1.807, 2.05) is 23.0 Å². The van der Waals surface area contributed by atoms with Crippen molar-refractivity contribution < 1.29 is 14.3 Å². The van der Waals surface area contributed by atoms with E-state index in [2.05, 4.69) is 33.0 Å². The van der Waals surface area contributed by atoms with Crippen molar-refractivity contribution in [3.05, 3.63) is 48.0 Å². The Hall–Kier alpha value is -3.81. The van der Waals surface area contributed by atoms with E-state index in [-0.39, 0.29) is 30.5 Å². The van der Waals surface area contributed by atoms with E-state index in [1.54, 1.807) is 18.3 Å². The number of hydrogen-bond donors (Lipinski definition) is 1. The van der Waals surface area contributed by atoms with Crippen molar-refractivity contribution in [3.8, 4) is 6.07 Å². The summed E-state index contributed by atoms with van der Waals surface area (Å²) in [6.07, 6.45) is 5.43. The normalized spacial score (nSPS) is 20.6. The lowest BCUT2D eigenvalue weighted by atomic mass is 10.0. The highest BCUT2D eigenvalue weighted by molar-refractivity contribution is 6.03. The third-order valence-corrected chi connectivity index (χ3v) is 6.73. The Morgan fingerprint density at radius 1 is 1.26 bits per heavy atom. The number of hydrogen-bond acceptors (Lipinski definition) is 7. The number of fused-ring (bicyclic) bond motifs is 3. The van der Waals surface area contributed by atoms with Gasteiger partial charge >= 0.3 is 0 Å². The zero-order valence-corrected chi connectivity index (χ0v) is 19.3. The number of ether oxygens (including phenoxy) is 2. The van der Waals surface area contributed by atoms with Crippen LogP contribution in [0.3, 0.4) is 0 Å². The van der Waals surface area contributed by atoms with Gasteiger partial charge in [0.05, 0.1) is 60.6 Å². The number of nitriles is 1. The number of carbonyl (C=O) groups excluding carboxylic acids is 1. The number of nitrogens with zero attached hydrogens (tertiary/aromatic N) is 6. The molecular formula is C25H25N7O3. The average molecular weight is 472 g/mol. The number of carbonyl (C=O) groups is 1. The van der Waals surface area contributed by atoms with Crippen LogP contribution in [0.1, 0.15) is 43.2 Å². The van der Waals surface area contributed by atoms with Crippen LogP contribution in [0, 0.1) is 11.3 Å². The van der Waals surface area contributed by atoms with Gasteiger partial charge in [0.1, 0.15) is 11.3 Å². The summed E-state index contributed by atoms with van der Waals surface area (Å²) in [6, 6.07) is 9.83. The van der Waals surface area contributed by atoms with E-state index >= 15 is 0 Å². The molecule has 5 heterocycles. The molecule has 10 nitrogen and oxygen atoms in total. The summed E-state index contributed by atoms with van der Waals surface area (Å²) >= 11 is 0. The molecule has 2 saturated heterocycles. The summed E-state index contributed by atoms with van der Waals surface area (Å²) in [6.45, 7) is 3.98. The quantitative estimate of drug-likeness (QED) is 0.475. The van der Waals surface area contributed by atoms with Crippen molar-refractivity contribution in [1.29, 1.82) is 5.26 Å². The Labute approximate surface area is 201 Å². The van der Waals surface area contributed by atoms with Crippen molar-refractivity contribution in [2.75, 3.05) is 25.1 Å². The Bertz CT molecular complexity index is 1460. The maximum atomic E-state index is 13.1. The van der Waals surface area contributed by atoms with Gasteiger partial charge in [-0.2, -0.15) is 10.4 Å². The van der Waals surface area contributed by atoms with Gasteiger partial charge in [-0.3, -0.25) is 14.5 Å². The number of aromatic nitrogens is 5. The van der Waals surface area contributed by atoms with Gasteiger partial charge in [-0.25, -0.2) is 4.98 Å². The molecule has 6 rings (SSSR count). The molecule has 2 atom stereocenters. The fourth-order valence-electron chi connectivity index (χ4n) is 4.94. The summed E-state index contributed by atoms with van der Waals surface area (Å²) in [7, 11) is 0. The van der Waals surface area contributed by atoms with Crippen LogP contribution >= 0.6 is 0 Å². The lowest BCUT2D eigenvalue weighted by Gasteiger charge is -2.30. The van der Waals surface area contributed by atoms with Crippen molar-refractivity contribution in [3.63, 3.8) is 0 Å². The predicted molar refractivity (Wildman–Crippen MR) is 128 cm³/mol. The largest absolute Gasteiger partial charge is 0.378 e. The first-order chi connectivity index (χ1) is 17.1. The van der Waals surface area contributed by atoms with Gasteiger partial charge < -0.3 is 19.4 Å². The monoisotopic (exact) mass is 471 g/mol. The molecule has 1 amide bonds. The van der Waals surface area contributed by atoms with Gasteiger partial charge in [0.15, 0.2) is 5.82 Å². The predicted octanol–water partition coefficient (Wildman–Crippen LogP) is 3.15. The number of nitrogens with one attached hydrogen (secondary N) is 1. The van der Waals surface area contributed by atoms with Gasteiger partial charge in [-0.05, 0) is 38.0 Å². The molecule has 10 heteroatoms. The summed E-state index contributed by atoms with van der Waals surface area (Å²) in [4.78, 5) is 22.4. The van der Waals surface area contributed by atoms with Crippen LogP contribution in [-0.4, -0.2) is 56.1 Å². The Kier molecular flexibility index (Phi) is 5.43. The molecule has 2 aliphatic heterocycles. The van der Waals surface area contributed by atoms with Crippen LogP contribution in [0.4, 0.5) is 5.82 Å². The van der Waals surface area contributed by atoms with Crippen molar-refractivity contribution in [1.82, 2.24) is 24.3 Å². The molecule has 0 spiro atoms. The fraction of sp³-hybridized carbons (Fsp3) is 0.400. The standard InChI is InChI=1S/C25H25N7O3/c1-15-8-17(5-7-35-15)32-23(10-24(33)29-22-4-6-31(30-22)18-13-34-14-18)28-21-12-27-20-3-2-16(11-26)9-19(20)25(21)32/h2-4,6,9,12,15,17-18H,5,7-8,10,13-14H2,1H3,(H,29,30,33)/t15-,17-/m1/s1. The van der Waals surface area contributed by atoms with Crippen LogP contribution in [0.2, 0.25) is 0 Å². The average Bonchev–Trinajstić information content (AvgIpc) is 3.41. The molecule has 1 aromatic carbocycles. The second kappa shape index (κ2) is 8.76. The number of anilines is 1. The maximum Gasteiger partial charge on any atom is 0.233 e. The molecule has 4 aromatic rings. The molecule has 2 fully saturated rings. The Morgan fingerprint density at radius 3 is 2.91 bits per heavy atom. The number of rotatable bonds is 5. The van der Waals surface area contributed by atoms with E-state index in [0.29, 0.717) is 42.5 Å². The molecule has 0 bridgehead atoms. The zero-order valence-electron chi connectivity index (χ0n) is 19.3. The first-order valence-corrected chi connectivity index (χ1v) is 11.8. The minimum absolute atomic E-state index is 0.0965. The van der Waals surface area contributed by atoms with Crippen LogP contribution in [0.5, 0.6) is 0 Å². The van der Waals surface area contributed by atoms with Crippen molar-refractivity contribution in [2.45, 2.75) is 44.4 Å². The van der Waals surface area contributed by atoms with E-state index in [9.17, 15) is 10.1 Å². The van der Waals surface area contributed by atoms with Gasteiger partial charge in [0.25, 0.3) is 0 Å². The third-order valence-electron chi connectivity index (χ3n) is 6.73. The van der Waals surface area contributed by atoms with E-state index in [4.69, 9.17) is 14.5 Å². The molecule has 1 N–H and O–H groups in total. The molecule has 0 saturated carbocycles. The lowest BCUT2D eigenvalue weighted by molar-refractivity contribution is -0.115. The molecule has 35 heavy (non-hydrogen) atoms. The highest BCUT2D eigenvalue weighted by Crippen LogP contribution is 2.34. The number of imidazole rings is 1. The second-order valence-corrected chi connectivity index (χ2v) is 9.19. The number of amides is 1. The van der Waals surface area contributed by atoms with Crippen LogP contribution in [0.25, 0.3) is 21.9 Å². The zero-order chi connectivity index (χ0) is 23.9. The van der Waals surface area contributed by atoms with Gasteiger partial charge in [-0.15, -0.1) is 0 Å². The summed E-state index contributed by atoms with van der Waals surface area (Å²) in [5.74, 6) is 0.988. The van der Waals surface area contributed by atoms with E-state index in [1.165, 1.54) is 0 Å². The van der Waals surface area contributed by atoms with Crippen molar-refractivity contribution in [2.24, 2.45) is 0 Å². The first-order valence-electron chi connectivity index (χ1n) is 11.8. The first kappa shape index (κ1) is 21.7. The molecule has 2 aliphatic rings. The van der Waals surface area contributed by atoms with Crippen LogP contribution < -0.4 is 5.32 Å². The lowest BCUT2D eigenvalue weighted by Crippen LogP contribution is -2.31. The van der Waals surface area contributed by atoms with E-state index < -0.39 is 0 Å². The second-order valence-electron chi connectivity index (χ2n) is 9.19. The van der Waals surface area contributed by atoms with E-state index in [0.717, 1.165) is 29.3 Å². The fourth-order valence-corrected chi connectivity index (χ4v) is 4.94. The summed E-state index contributed by atoms with van der Waals surface area (Å²) < 4.78 is 15.0.